The Morgan fingerprint density at radius 3 is 2.43 bits per heavy atom. The van der Waals surface area contributed by atoms with Crippen LogP contribution in [0.2, 0.25) is 9.36 Å². The van der Waals surface area contributed by atoms with Gasteiger partial charge in [0, 0.05) is 18.1 Å². The van der Waals surface area contributed by atoms with E-state index in [1.807, 2.05) is 19.1 Å². The fraction of sp³-hybridized carbons (Fsp3) is 0.368. The van der Waals surface area contributed by atoms with Crippen LogP contribution in [0.4, 0.5) is 5.13 Å². The van der Waals surface area contributed by atoms with Crippen LogP contribution < -0.4 is 4.90 Å². The molecule has 0 radical (unpaired) electrons. The molecule has 0 unspecified atom stereocenters. The molecule has 0 aliphatic heterocycles. The Labute approximate surface area is 189 Å². The summed E-state index contributed by atoms with van der Waals surface area (Å²) < 4.78 is 1.59. The molecule has 0 saturated heterocycles. The number of hydrogen-bond donors (Lipinski definition) is 0. The van der Waals surface area contributed by atoms with E-state index < -0.39 is 0 Å². The zero-order valence-electron chi connectivity index (χ0n) is 15.9. The predicted octanol–water partition coefficient (Wildman–Crippen LogP) is 6.38. The van der Waals surface area contributed by atoms with Gasteiger partial charge in [-0.25, -0.2) is 4.98 Å². The Bertz CT molecular complexity index is 953. The molecular weight excluding hydrogens is 457 g/mol. The highest BCUT2D eigenvalue weighted by molar-refractivity contribution is 7.22. The van der Waals surface area contributed by atoms with Crippen LogP contribution in [0.25, 0.3) is 10.2 Å². The number of carbonyl (C=O) groups excluding carboxylic acids is 1. The number of carbonyl (C=O) groups is 1. The highest BCUT2D eigenvalue weighted by Crippen LogP contribution is 2.34. The number of hydrogen-bond acceptors (Lipinski definition) is 5. The largest absolute Gasteiger partial charge is 0.302 e. The molecule has 152 valence electrons. The lowest BCUT2D eigenvalue weighted by Gasteiger charge is -2.24. The van der Waals surface area contributed by atoms with Gasteiger partial charge < -0.3 is 4.90 Å². The average molecular weight is 479 g/mol. The fourth-order valence-corrected chi connectivity index (χ4v) is 5.32. The van der Waals surface area contributed by atoms with Gasteiger partial charge in [0.2, 0.25) is 0 Å². The van der Waals surface area contributed by atoms with Gasteiger partial charge in [0.15, 0.2) is 5.13 Å². The average Bonchev–Trinajstić information content (AvgIpc) is 3.25. The van der Waals surface area contributed by atoms with Crippen LogP contribution in [-0.2, 0) is 0 Å². The van der Waals surface area contributed by atoms with Gasteiger partial charge in [-0.3, -0.25) is 9.69 Å². The summed E-state index contributed by atoms with van der Waals surface area (Å²) in [7, 11) is 0. The number of likely N-dealkylation sites (N-methyl/N-ethyl adjacent to an activating group) is 1. The van der Waals surface area contributed by atoms with E-state index in [9.17, 15) is 4.79 Å². The summed E-state index contributed by atoms with van der Waals surface area (Å²) in [4.78, 5) is 22.6. The minimum absolute atomic E-state index is 0. The molecule has 1 amide bonds. The maximum absolute atomic E-state index is 13.2. The Balaban J connectivity index is 0.00000280. The normalized spacial score (nSPS) is 11.1. The van der Waals surface area contributed by atoms with Crippen LogP contribution in [0.15, 0.2) is 24.3 Å². The molecule has 28 heavy (non-hydrogen) atoms. The SMILES string of the molecule is CCN(CC)CCN(C(=O)c1ccc(Cl)s1)c1nc2c(C)cc(Cl)cc2s1.Cl. The van der Waals surface area contributed by atoms with Crippen molar-refractivity contribution >= 4 is 79.5 Å². The Hall–Kier alpha value is -0.890. The molecule has 0 fully saturated rings. The van der Waals surface area contributed by atoms with E-state index in [1.54, 1.807) is 17.0 Å². The van der Waals surface area contributed by atoms with Crippen LogP contribution in [-0.4, -0.2) is 42.0 Å². The maximum atomic E-state index is 13.2. The van der Waals surface area contributed by atoms with Gasteiger partial charge in [-0.05, 0) is 49.8 Å². The van der Waals surface area contributed by atoms with Crippen molar-refractivity contribution in [1.82, 2.24) is 9.88 Å². The zero-order valence-corrected chi connectivity index (χ0v) is 19.8. The van der Waals surface area contributed by atoms with Crippen LogP contribution in [0.3, 0.4) is 0 Å². The highest BCUT2D eigenvalue weighted by atomic mass is 35.5. The number of nitrogens with zero attached hydrogens (tertiary/aromatic N) is 3. The van der Waals surface area contributed by atoms with Crippen molar-refractivity contribution in [2.75, 3.05) is 31.1 Å². The van der Waals surface area contributed by atoms with Crippen molar-refractivity contribution in [3.8, 4) is 0 Å². The number of aromatic nitrogens is 1. The Morgan fingerprint density at radius 1 is 1.11 bits per heavy atom. The summed E-state index contributed by atoms with van der Waals surface area (Å²) in [5.41, 5.74) is 1.90. The molecule has 4 nitrogen and oxygen atoms in total. The van der Waals surface area contributed by atoms with E-state index in [0.29, 0.717) is 25.9 Å². The van der Waals surface area contributed by atoms with Crippen molar-refractivity contribution in [3.05, 3.63) is 44.1 Å². The second kappa shape index (κ2) is 10.2. The van der Waals surface area contributed by atoms with Crippen LogP contribution in [0, 0.1) is 6.92 Å². The molecule has 2 heterocycles. The Morgan fingerprint density at radius 2 is 1.82 bits per heavy atom. The smallest absolute Gasteiger partial charge is 0.270 e. The monoisotopic (exact) mass is 477 g/mol. The number of fused-ring (bicyclic) bond motifs is 1. The molecule has 0 aliphatic carbocycles. The first kappa shape index (κ1) is 23.4. The topological polar surface area (TPSA) is 36.4 Å². The van der Waals surface area contributed by atoms with Crippen LogP contribution in [0.5, 0.6) is 0 Å². The first-order valence-electron chi connectivity index (χ1n) is 8.79. The van der Waals surface area contributed by atoms with Gasteiger partial charge in [-0.15, -0.1) is 23.7 Å². The summed E-state index contributed by atoms with van der Waals surface area (Å²) in [6.07, 6.45) is 0. The minimum atomic E-state index is -0.0677. The molecule has 2 aromatic heterocycles. The lowest BCUT2D eigenvalue weighted by molar-refractivity contribution is 0.0987. The van der Waals surface area contributed by atoms with E-state index in [1.165, 1.54) is 22.7 Å². The molecule has 0 bridgehead atoms. The third kappa shape index (κ3) is 5.17. The fourth-order valence-electron chi connectivity index (χ4n) is 2.89. The van der Waals surface area contributed by atoms with Gasteiger partial charge in [0.25, 0.3) is 5.91 Å². The molecule has 0 aliphatic rings. The van der Waals surface area contributed by atoms with E-state index in [-0.39, 0.29) is 18.3 Å². The van der Waals surface area contributed by atoms with E-state index in [0.717, 1.165) is 35.4 Å². The second-order valence-electron chi connectivity index (χ2n) is 6.15. The number of halogens is 3. The van der Waals surface area contributed by atoms with Crippen LogP contribution >= 0.6 is 58.3 Å². The summed E-state index contributed by atoms with van der Waals surface area (Å²) >= 11 is 15.0. The third-order valence-electron chi connectivity index (χ3n) is 4.43. The first-order valence-corrected chi connectivity index (χ1v) is 11.2. The van der Waals surface area contributed by atoms with Crippen molar-refractivity contribution < 1.29 is 4.79 Å². The van der Waals surface area contributed by atoms with Crippen molar-refractivity contribution in [3.63, 3.8) is 0 Å². The molecule has 9 heteroatoms. The summed E-state index contributed by atoms with van der Waals surface area (Å²) in [5, 5.41) is 1.37. The van der Waals surface area contributed by atoms with E-state index >= 15 is 0 Å². The molecule has 1 aromatic carbocycles. The van der Waals surface area contributed by atoms with Crippen LogP contribution in [0.1, 0.15) is 29.1 Å². The summed E-state index contributed by atoms with van der Waals surface area (Å²) in [5.74, 6) is -0.0677. The standard InChI is InChI=1S/C19H21Cl2N3OS2.ClH/c1-4-23(5-2)8-9-24(18(25)14-6-7-16(21)26-14)19-22-17-12(3)10-13(20)11-15(17)27-19;/h6-7,10-11H,4-5,8-9H2,1-3H3;1H. The lowest BCUT2D eigenvalue weighted by atomic mass is 10.2. The Kier molecular flexibility index (Phi) is 8.55. The number of benzene rings is 1. The molecule has 3 rings (SSSR count). The lowest BCUT2D eigenvalue weighted by Crippen LogP contribution is -2.38. The number of anilines is 1. The molecule has 0 atom stereocenters. The number of thiophene rings is 1. The molecule has 0 spiro atoms. The number of aryl methyl sites for hydroxylation is 1. The number of amides is 1. The number of thiazole rings is 1. The molecule has 0 N–H and O–H groups in total. The van der Waals surface area contributed by atoms with Gasteiger partial charge in [0.1, 0.15) is 0 Å². The van der Waals surface area contributed by atoms with E-state index in [4.69, 9.17) is 28.2 Å². The first-order chi connectivity index (χ1) is 12.9. The predicted molar refractivity (Wildman–Crippen MR) is 125 cm³/mol. The van der Waals surface area contributed by atoms with Gasteiger partial charge in [0.05, 0.1) is 19.4 Å². The minimum Gasteiger partial charge on any atom is -0.302 e. The third-order valence-corrected chi connectivity index (χ3v) is 6.90. The van der Waals surface area contributed by atoms with Crippen molar-refractivity contribution in [2.24, 2.45) is 0 Å². The van der Waals surface area contributed by atoms with Gasteiger partial charge in [-0.1, -0.05) is 48.4 Å². The summed E-state index contributed by atoms with van der Waals surface area (Å²) in [6, 6.07) is 7.33. The quantitative estimate of drug-likeness (QED) is 0.395. The molecular formula is C19H22Cl3N3OS2. The van der Waals surface area contributed by atoms with Crippen molar-refractivity contribution in [2.45, 2.75) is 20.8 Å². The zero-order chi connectivity index (χ0) is 19.6. The molecule has 0 saturated carbocycles. The van der Waals surface area contributed by atoms with Gasteiger partial charge >= 0.3 is 0 Å². The van der Waals surface area contributed by atoms with Gasteiger partial charge in [-0.2, -0.15) is 0 Å². The van der Waals surface area contributed by atoms with Crippen molar-refractivity contribution in [1.29, 1.82) is 0 Å². The highest BCUT2D eigenvalue weighted by Gasteiger charge is 2.23. The molecule has 3 aromatic rings. The number of rotatable bonds is 7. The van der Waals surface area contributed by atoms with E-state index in [2.05, 4.69) is 18.7 Å². The summed E-state index contributed by atoms with van der Waals surface area (Å²) in [6.45, 7) is 9.47. The second-order valence-corrected chi connectivity index (χ2v) is 9.31. The maximum Gasteiger partial charge on any atom is 0.270 e.